The number of aryl methyl sites for hydroxylation is 5. The summed E-state index contributed by atoms with van der Waals surface area (Å²) in [4.78, 5) is 37.2. The van der Waals surface area contributed by atoms with Gasteiger partial charge in [-0.2, -0.15) is 0 Å². The van der Waals surface area contributed by atoms with Crippen LogP contribution < -0.4 is 10.6 Å². The predicted molar refractivity (Wildman–Crippen MR) is 157 cm³/mol. The van der Waals surface area contributed by atoms with Crippen molar-refractivity contribution < 1.29 is 9.59 Å². The zero-order valence-corrected chi connectivity index (χ0v) is 23.4. The minimum absolute atomic E-state index is 0.0536. The second-order valence-corrected chi connectivity index (χ2v) is 11.6. The third-order valence-corrected chi connectivity index (χ3v) is 8.93. The fraction of sp³-hybridized carbons (Fsp3) is 0.333. The molecule has 0 aliphatic heterocycles. The van der Waals surface area contributed by atoms with Crippen molar-refractivity contribution in [2.75, 3.05) is 16.4 Å². The molecule has 0 unspecified atom stereocenters. The molecule has 2 heterocycles. The first-order valence-corrected chi connectivity index (χ1v) is 15.0. The molecule has 5 rings (SSSR count). The first-order valence-electron chi connectivity index (χ1n) is 13.2. The van der Waals surface area contributed by atoms with Gasteiger partial charge in [0.2, 0.25) is 11.8 Å². The lowest BCUT2D eigenvalue weighted by molar-refractivity contribution is -0.116. The van der Waals surface area contributed by atoms with Gasteiger partial charge in [0.25, 0.3) is 0 Å². The number of thioether (sulfide) groups is 1. The molecular weight excluding hydrogens is 512 g/mol. The molecule has 2 aromatic heterocycles. The van der Waals surface area contributed by atoms with E-state index in [0.717, 1.165) is 52.3 Å². The Bertz CT molecular complexity index is 1470. The van der Waals surface area contributed by atoms with E-state index < -0.39 is 0 Å². The molecule has 0 radical (unpaired) electrons. The number of carbonyl (C=O) groups is 2. The van der Waals surface area contributed by atoms with E-state index in [4.69, 9.17) is 9.97 Å². The summed E-state index contributed by atoms with van der Waals surface area (Å²) in [6.07, 6.45) is 6.60. The molecule has 0 bridgehead atoms. The quantitative estimate of drug-likeness (QED) is 0.180. The van der Waals surface area contributed by atoms with Gasteiger partial charge in [0, 0.05) is 34.5 Å². The summed E-state index contributed by atoms with van der Waals surface area (Å²) in [6, 6.07) is 16.0. The molecular formula is C30H32N4O2S2. The second-order valence-electron chi connectivity index (χ2n) is 9.59. The molecule has 1 aliphatic carbocycles. The SMILES string of the molecule is CCC(=O)Nc1cc(NC(=O)CSc2nc(CCc3ccccc3)nc3sc4c(c23)CCCC4)ccc1C. The fourth-order valence-corrected chi connectivity index (χ4v) is 6.91. The molecule has 4 aromatic rings. The average molecular weight is 545 g/mol. The van der Waals surface area contributed by atoms with Crippen molar-refractivity contribution in [3.8, 4) is 0 Å². The van der Waals surface area contributed by atoms with Crippen LogP contribution in [0.5, 0.6) is 0 Å². The minimum atomic E-state index is -0.103. The van der Waals surface area contributed by atoms with E-state index >= 15 is 0 Å². The van der Waals surface area contributed by atoms with Crippen LogP contribution in [0.2, 0.25) is 0 Å². The van der Waals surface area contributed by atoms with Crippen LogP contribution in [-0.4, -0.2) is 27.5 Å². The largest absolute Gasteiger partial charge is 0.326 e. The van der Waals surface area contributed by atoms with Gasteiger partial charge in [-0.05, 0) is 67.9 Å². The van der Waals surface area contributed by atoms with Crippen LogP contribution in [0.4, 0.5) is 11.4 Å². The van der Waals surface area contributed by atoms with Crippen LogP contribution in [0, 0.1) is 6.92 Å². The van der Waals surface area contributed by atoms with Crippen molar-refractivity contribution in [2.24, 2.45) is 0 Å². The second kappa shape index (κ2) is 12.1. The predicted octanol–water partition coefficient (Wildman–Crippen LogP) is 6.74. The smallest absolute Gasteiger partial charge is 0.234 e. The topological polar surface area (TPSA) is 84.0 Å². The van der Waals surface area contributed by atoms with Gasteiger partial charge in [-0.1, -0.05) is 55.1 Å². The Kier molecular flexibility index (Phi) is 8.39. The number of thiophene rings is 1. The Morgan fingerprint density at radius 2 is 1.79 bits per heavy atom. The van der Waals surface area contributed by atoms with Crippen LogP contribution >= 0.6 is 23.1 Å². The molecule has 0 atom stereocenters. The number of aromatic nitrogens is 2. The van der Waals surface area contributed by atoms with Crippen LogP contribution in [0.25, 0.3) is 10.2 Å². The highest BCUT2D eigenvalue weighted by molar-refractivity contribution is 8.00. The Morgan fingerprint density at radius 3 is 2.61 bits per heavy atom. The molecule has 2 N–H and O–H groups in total. The van der Waals surface area contributed by atoms with Crippen molar-refractivity contribution in [3.63, 3.8) is 0 Å². The summed E-state index contributed by atoms with van der Waals surface area (Å²) < 4.78 is 0. The zero-order chi connectivity index (χ0) is 26.5. The van der Waals surface area contributed by atoms with Gasteiger partial charge in [0.15, 0.2) is 0 Å². The van der Waals surface area contributed by atoms with Crippen LogP contribution in [0.15, 0.2) is 53.6 Å². The third kappa shape index (κ3) is 6.25. The molecule has 0 saturated carbocycles. The van der Waals surface area contributed by atoms with Crippen LogP contribution in [0.1, 0.15) is 53.6 Å². The fourth-order valence-electron chi connectivity index (χ4n) is 4.69. The maximum absolute atomic E-state index is 13.0. The maximum Gasteiger partial charge on any atom is 0.234 e. The van der Waals surface area contributed by atoms with Crippen LogP contribution in [-0.2, 0) is 35.3 Å². The van der Waals surface area contributed by atoms with Crippen molar-refractivity contribution >= 4 is 56.5 Å². The number of carbonyl (C=O) groups excluding carboxylic acids is 2. The summed E-state index contributed by atoms with van der Waals surface area (Å²) in [5.41, 5.74) is 4.98. The summed E-state index contributed by atoms with van der Waals surface area (Å²) in [7, 11) is 0. The van der Waals surface area contributed by atoms with E-state index in [1.54, 1.807) is 11.3 Å². The number of rotatable bonds is 9. The lowest BCUT2D eigenvalue weighted by Crippen LogP contribution is -2.15. The number of fused-ring (bicyclic) bond motifs is 3. The number of benzene rings is 2. The Labute approximate surface area is 231 Å². The molecule has 6 nitrogen and oxygen atoms in total. The first-order chi connectivity index (χ1) is 18.5. The van der Waals surface area contributed by atoms with Gasteiger partial charge in [-0.25, -0.2) is 9.97 Å². The first kappa shape index (κ1) is 26.4. The monoisotopic (exact) mass is 544 g/mol. The summed E-state index contributed by atoms with van der Waals surface area (Å²) in [5.74, 6) is 0.924. The molecule has 0 fully saturated rings. The molecule has 38 heavy (non-hydrogen) atoms. The Balaban J connectivity index is 1.34. The standard InChI is InChI=1S/C30H32N4O2S2/c1-3-26(35)32-23-17-21(15-13-19(23)2)31-27(36)18-37-29-28-22-11-7-8-12-24(22)38-30(28)34-25(33-29)16-14-20-9-5-4-6-10-20/h4-6,9-10,13,15,17H,3,7-8,11-12,14,16,18H2,1-2H3,(H,31,36)(H,32,35). The van der Waals surface area contributed by atoms with E-state index in [-0.39, 0.29) is 17.6 Å². The number of nitrogens with one attached hydrogen (secondary N) is 2. The van der Waals surface area contributed by atoms with Gasteiger partial charge >= 0.3 is 0 Å². The molecule has 8 heteroatoms. The van der Waals surface area contributed by atoms with Crippen molar-refractivity contribution in [1.29, 1.82) is 0 Å². The molecule has 196 valence electrons. The number of hydrogen-bond acceptors (Lipinski definition) is 6. The van der Waals surface area contributed by atoms with E-state index in [0.29, 0.717) is 17.8 Å². The summed E-state index contributed by atoms with van der Waals surface area (Å²) in [5, 5.41) is 7.93. The molecule has 2 aromatic carbocycles. The highest BCUT2D eigenvalue weighted by Gasteiger charge is 2.22. The highest BCUT2D eigenvalue weighted by atomic mass is 32.2. The van der Waals surface area contributed by atoms with Crippen molar-refractivity contribution in [1.82, 2.24) is 9.97 Å². The van der Waals surface area contributed by atoms with E-state index in [1.165, 1.54) is 40.6 Å². The number of hydrogen-bond donors (Lipinski definition) is 2. The van der Waals surface area contributed by atoms with Crippen molar-refractivity contribution in [3.05, 3.63) is 75.9 Å². The van der Waals surface area contributed by atoms with Gasteiger partial charge < -0.3 is 10.6 Å². The van der Waals surface area contributed by atoms with Crippen LogP contribution in [0.3, 0.4) is 0 Å². The van der Waals surface area contributed by atoms with E-state index in [9.17, 15) is 9.59 Å². The number of amides is 2. The molecule has 0 spiro atoms. The normalized spacial score (nSPS) is 12.8. The lowest BCUT2D eigenvalue weighted by Gasteiger charge is -2.13. The zero-order valence-electron chi connectivity index (χ0n) is 21.8. The Morgan fingerprint density at radius 1 is 0.974 bits per heavy atom. The average Bonchev–Trinajstić information content (AvgIpc) is 3.31. The van der Waals surface area contributed by atoms with Gasteiger partial charge in [-0.3, -0.25) is 9.59 Å². The minimum Gasteiger partial charge on any atom is -0.326 e. The molecule has 1 aliphatic rings. The van der Waals surface area contributed by atoms with Crippen molar-refractivity contribution in [2.45, 2.75) is 63.8 Å². The number of nitrogens with zero attached hydrogens (tertiary/aromatic N) is 2. The molecule has 2 amide bonds. The summed E-state index contributed by atoms with van der Waals surface area (Å²) >= 11 is 3.28. The highest BCUT2D eigenvalue weighted by Crippen LogP contribution is 2.40. The van der Waals surface area contributed by atoms with E-state index in [1.807, 2.05) is 38.1 Å². The number of anilines is 2. The van der Waals surface area contributed by atoms with Gasteiger partial charge in [0.1, 0.15) is 15.7 Å². The van der Waals surface area contributed by atoms with E-state index in [2.05, 4.69) is 34.9 Å². The molecule has 0 saturated heterocycles. The maximum atomic E-state index is 13.0. The third-order valence-electron chi connectivity index (χ3n) is 6.76. The Hall–Kier alpha value is -3.23. The summed E-state index contributed by atoms with van der Waals surface area (Å²) in [6.45, 7) is 3.75. The van der Waals surface area contributed by atoms with Gasteiger partial charge in [0.05, 0.1) is 5.75 Å². The lowest BCUT2D eigenvalue weighted by atomic mass is 9.97. The van der Waals surface area contributed by atoms with Gasteiger partial charge in [-0.15, -0.1) is 11.3 Å².